The van der Waals surface area contributed by atoms with Crippen LogP contribution in [0.4, 0.5) is 0 Å². The molecule has 0 saturated carbocycles. The monoisotopic (exact) mass is 162 g/mol. The van der Waals surface area contributed by atoms with Crippen LogP contribution in [0.3, 0.4) is 0 Å². The second-order valence-corrected chi connectivity index (χ2v) is 2.78. The van der Waals surface area contributed by atoms with Gasteiger partial charge in [0.1, 0.15) is 6.10 Å². The summed E-state index contributed by atoms with van der Waals surface area (Å²) in [5.41, 5.74) is -0.976. The molecule has 1 atom stereocenters. The van der Waals surface area contributed by atoms with Crippen LogP contribution in [0.2, 0.25) is 0 Å². The van der Waals surface area contributed by atoms with Gasteiger partial charge in [-0.1, -0.05) is 13.8 Å². The van der Waals surface area contributed by atoms with Gasteiger partial charge < -0.3 is 14.9 Å². The van der Waals surface area contributed by atoms with Gasteiger partial charge in [-0.15, -0.1) is 0 Å². The fourth-order valence-corrected chi connectivity index (χ4v) is 1.03. The number of aliphatic hydroxyl groups excluding tert-OH is 1. The van der Waals surface area contributed by atoms with Crippen molar-refractivity contribution in [3.8, 4) is 0 Å². The lowest BCUT2D eigenvalue weighted by atomic mass is 9.91. The first kappa shape index (κ1) is 10.9. The third-order valence-corrected chi connectivity index (χ3v) is 2.17. The Balaban J connectivity index is 4.00. The van der Waals surface area contributed by atoms with Crippen molar-refractivity contribution in [2.45, 2.75) is 38.4 Å². The highest BCUT2D eigenvalue weighted by Gasteiger charge is 2.31. The summed E-state index contributed by atoms with van der Waals surface area (Å²) < 4.78 is 4.74. The number of aliphatic hydroxyl groups is 2. The Labute approximate surface area is 68.0 Å². The molecular weight excluding hydrogens is 144 g/mol. The molecule has 0 amide bonds. The number of hydrogen-bond acceptors (Lipinski definition) is 3. The lowest BCUT2D eigenvalue weighted by molar-refractivity contribution is -0.104. The third kappa shape index (κ3) is 2.77. The number of ether oxygens (including phenoxy) is 1. The molecule has 0 aliphatic heterocycles. The minimum Gasteiger partial charge on any atom is -0.388 e. The highest BCUT2D eigenvalue weighted by atomic mass is 16.5. The molecule has 11 heavy (non-hydrogen) atoms. The molecule has 3 nitrogen and oxygen atoms in total. The van der Waals surface area contributed by atoms with E-state index in [1.807, 2.05) is 13.8 Å². The van der Waals surface area contributed by atoms with Gasteiger partial charge in [0, 0.05) is 7.11 Å². The first-order valence-electron chi connectivity index (χ1n) is 4.00. The summed E-state index contributed by atoms with van der Waals surface area (Å²) in [6, 6.07) is 0. The molecule has 0 spiro atoms. The molecule has 3 heteroatoms. The molecule has 0 aromatic heterocycles. The zero-order valence-electron chi connectivity index (χ0n) is 7.50. The lowest BCUT2D eigenvalue weighted by Crippen LogP contribution is -2.43. The largest absolute Gasteiger partial charge is 0.388 e. The lowest BCUT2D eigenvalue weighted by Gasteiger charge is -2.30. The van der Waals surface area contributed by atoms with Crippen molar-refractivity contribution in [2.75, 3.05) is 13.7 Å². The number of hydrogen-bond donors (Lipinski definition) is 2. The maximum absolute atomic E-state index is 9.70. The molecule has 0 aliphatic carbocycles. The van der Waals surface area contributed by atoms with Gasteiger partial charge >= 0.3 is 0 Å². The van der Waals surface area contributed by atoms with Crippen molar-refractivity contribution in [1.82, 2.24) is 0 Å². The molecule has 1 unspecified atom stereocenters. The Bertz CT molecular complexity index is 99.5. The Morgan fingerprint density at radius 1 is 1.36 bits per heavy atom. The van der Waals surface area contributed by atoms with Crippen molar-refractivity contribution >= 4 is 0 Å². The minimum absolute atomic E-state index is 0.193. The Morgan fingerprint density at radius 3 is 2.09 bits per heavy atom. The van der Waals surface area contributed by atoms with E-state index in [0.717, 1.165) is 0 Å². The third-order valence-electron chi connectivity index (χ3n) is 2.17. The van der Waals surface area contributed by atoms with Crippen molar-refractivity contribution in [2.24, 2.45) is 0 Å². The van der Waals surface area contributed by atoms with Crippen LogP contribution < -0.4 is 0 Å². The normalized spacial score (nSPS) is 15.0. The van der Waals surface area contributed by atoms with Crippen LogP contribution >= 0.6 is 0 Å². The smallest absolute Gasteiger partial charge is 0.106 e. The van der Waals surface area contributed by atoms with E-state index < -0.39 is 11.7 Å². The van der Waals surface area contributed by atoms with E-state index in [2.05, 4.69) is 0 Å². The first-order valence-corrected chi connectivity index (χ1v) is 4.00. The van der Waals surface area contributed by atoms with Crippen LogP contribution in [0.1, 0.15) is 26.7 Å². The summed E-state index contributed by atoms with van der Waals surface area (Å²) in [7, 11) is 1.51. The minimum atomic E-state index is -0.976. The quantitative estimate of drug-likeness (QED) is 0.620. The van der Waals surface area contributed by atoms with Gasteiger partial charge in [0.15, 0.2) is 0 Å². The van der Waals surface area contributed by atoms with E-state index in [0.29, 0.717) is 12.8 Å². The molecule has 0 aliphatic rings. The number of methoxy groups -OCH3 is 1. The van der Waals surface area contributed by atoms with E-state index in [4.69, 9.17) is 4.74 Å². The maximum atomic E-state index is 9.70. The fraction of sp³-hybridized carbons (Fsp3) is 1.00. The first-order chi connectivity index (χ1) is 5.10. The van der Waals surface area contributed by atoms with E-state index in [1.165, 1.54) is 7.11 Å². The van der Waals surface area contributed by atoms with Crippen molar-refractivity contribution in [3.63, 3.8) is 0 Å². The van der Waals surface area contributed by atoms with Crippen molar-refractivity contribution < 1.29 is 14.9 Å². The van der Waals surface area contributed by atoms with E-state index >= 15 is 0 Å². The Morgan fingerprint density at radius 2 is 1.82 bits per heavy atom. The molecule has 0 aromatic rings. The number of rotatable bonds is 5. The van der Waals surface area contributed by atoms with Gasteiger partial charge in [-0.2, -0.15) is 0 Å². The van der Waals surface area contributed by atoms with Gasteiger partial charge in [-0.3, -0.25) is 0 Å². The van der Waals surface area contributed by atoms with E-state index in [9.17, 15) is 10.2 Å². The molecule has 0 bridgehead atoms. The van der Waals surface area contributed by atoms with Gasteiger partial charge in [-0.05, 0) is 12.8 Å². The molecule has 0 fully saturated rings. The Kier molecular flexibility index (Phi) is 4.65. The second-order valence-electron chi connectivity index (χ2n) is 2.78. The van der Waals surface area contributed by atoms with Crippen LogP contribution in [0.25, 0.3) is 0 Å². The van der Waals surface area contributed by atoms with Gasteiger partial charge in [0.2, 0.25) is 0 Å². The van der Waals surface area contributed by atoms with Crippen molar-refractivity contribution in [1.29, 1.82) is 0 Å². The van der Waals surface area contributed by atoms with Gasteiger partial charge in [-0.25, -0.2) is 0 Å². The van der Waals surface area contributed by atoms with Gasteiger partial charge in [0.05, 0.1) is 12.2 Å². The highest BCUT2D eigenvalue weighted by molar-refractivity contribution is 4.83. The average molecular weight is 162 g/mol. The molecule has 2 N–H and O–H groups in total. The van der Waals surface area contributed by atoms with Crippen LogP contribution in [-0.4, -0.2) is 35.6 Å². The molecule has 0 aromatic carbocycles. The summed E-state index contributed by atoms with van der Waals surface area (Å²) in [5.74, 6) is 0. The van der Waals surface area contributed by atoms with Gasteiger partial charge in [0.25, 0.3) is 0 Å². The summed E-state index contributed by atoms with van der Waals surface area (Å²) in [5, 5.41) is 19.1. The summed E-state index contributed by atoms with van der Waals surface area (Å²) in [6.45, 7) is 3.89. The molecule has 0 saturated heterocycles. The summed E-state index contributed by atoms with van der Waals surface area (Å²) >= 11 is 0. The van der Waals surface area contributed by atoms with E-state index in [-0.39, 0.29) is 6.61 Å². The molecule has 0 rings (SSSR count). The molecule has 68 valence electrons. The van der Waals surface area contributed by atoms with Crippen LogP contribution in [0, 0.1) is 0 Å². The van der Waals surface area contributed by atoms with Crippen LogP contribution in [0.5, 0.6) is 0 Å². The summed E-state index contributed by atoms with van der Waals surface area (Å²) in [4.78, 5) is 0. The maximum Gasteiger partial charge on any atom is 0.106 e. The summed E-state index contributed by atoms with van der Waals surface area (Å²) in [6.07, 6.45) is 0.324. The van der Waals surface area contributed by atoms with E-state index in [1.54, 1.807) is 0 Å². The average Bonchev–Trinajstić information content (AvgIpc) is 2.03. The predicted molar refractivity (Wildman–Crippen MR) is 43.4 cm³/mol. The zero-order chi connectivity index (χ0) is 8.91. The van der Waals surface area contributed by atoms with Crippen molar-refractivity contribution in [3.05, 3.63) is 0 Å². The topological polar surface area (TPSA) is 49.7 Å². The SMILES string of the molecule is CCC(O)(CC)C(O)COC. The highest BCUT2D eigenvalue weighted by Crippen LogP contribution is 2.19. The molecule has 0 heterocycles. The Hall–Kier alpha value is -0.120. The molecular formula is C8H18O3. The predicted octanol–water partition coefficient (Wildman–Crippen LogP) is 0.545. The van der Waals surface area contributed by atoms with Crippen LogP contribution in [0.15, 0.2) is 0 Å². The standard InChI is InChI=1S/C8H18O3/c1-4-8(10,5-2)7(9)6-11-3/h7,9-10H,4-6H2,1-3H3. The molecule has 0 radical (unpaired) electrons. The van der Waals surface area contributed by atoms with Crippen LogP contribution in [-0.2, 0) is 4.74 Å². The second kappa shape index (κ2) is 4.70. The fourth-order valence-electron chi connectivity index (χ4n) is 1.03. The zero-order valence-corrected chi connectivity index (χ0v) is 7.50.